The molecule has 116 valence electrons. The van der Waals surface area contributed by atoms with Crippen LogP contribution in [-0.2, 0) is 0 Å². The number of likely N-dealkylation sites (N-methyl/N-ethyl adjacent to an activating group) is 1. The molecular weight excluding hydrogens is 284 g/mol. The number of hydrogen-bond donors (Lipinski definition) is 1. The minimum Gasteiger partial charge on any atom is -0.334 e. The molecule has 0 radical (unpaired) electrons. The molecule has 0 aromatic heterocycles. The maximum Gasteiger partial charge on any atom is 0.254 e. The van der Waals surface area contributed by atoms with Gasteiger partial charge >= 0.3 is 0 Å². The third-order valence-corrected chi connectivity index (χ3v) is 4.16. The summed E-state index contributed by atoms with van der Waals surface area (Å²) >= 11 is 0. The summed E-state index contributed by atoms with van der Waals surface area (Å²) < 4.78 is 0. The maximum atomic E-state index is 12.5. The molecule has 0 spiro atoms. The van der Waals surface area contributed by atoms with Crippen molar-refractivity contribution >= 4 is 5.91 Å². The second-order valence-electron chi connectivity index (χ2n) is 5.94. The molecule has 1 amide bonds. The van der Waals surface area contributed by atoms with E-state index in [0.29, 0.717) is 0 Å². The fourth-order valence-corrected chi connectivity index (χ4v) is 2.64. The average Bonchev–Trinajstić information content (AvgIpc) is 2.61. The molecule has 1 aliphatic heterocycles. The number of amides is 1. The van der Waals surface area contributed by atoms with E-state index in [2.05, 4.69) is 18.9 Å². The highest BCUT2D eigenvalue weighted by Gasteiger charge is 2.22. The maximum absolute atomic E-state index is 12.5. The van der Waals surface area contributed by atoms with Crippen LogP contribution in [0.4, 0.5) is 0 Å². The van der Waals surface area contributed by atoms with E-state index in [1.807, 2.05) is 59.5 Å². The first-order chi connectivity index (χ1) is 11.2. The molecule has 23 heavy (non-hydrogen) atoms. The standard InChI is InChI=1S/C20H20N2O/c1-21-13-15-22(16-14-21)20(23)19-11-9-18(10-12-19)8-7-17-5-3-2-4-6-17/h2-6,9-12H,13-16H2,1H3/p+1. The molecular formula is C20H21N2O+. The van der Waals surface area contributed by atoms with Gasteiger partial charge in [-0.25, -0.2) is 0 Å². The van der Waals surface area contributed by atoms with Gasteiger partial charge in [-0.2, -0.15) is 0 Å². The van der Waals surface area contributed by atoms with Gasteiger partial charge in [0.15, 0.2) is 0 Å². The van der Waals surface area contributed by atoms with Gasteiger partial charge in [-0.05, 0) is 36.4 Å². The molecule has 2 aromatic carbocycles. The SMILES string of the molecule is C[NH+]1CCN(C(=O)c2ccc(C#Cc3ccccc3)cc2)CC1. The Kier molecular flexibility index (Phi) is 4.75. The summed E-state index contributed by atoms with van der Waals surface area (Å²) in [7, 11) is 2.17. The molecule has 2 aromatic rings. The van der Waals surface area contributed by atoms with Crippen LogP contribution in [0.15, 0.2) is 54.6 Å². The minimum absolute atomic E-state index is 0.125. The second kappa shape index (κ2) is 7.13. The van der Waals surface area contributed by atoms with E-state index in [0.717, 1.165) is 42.9 Å². The van der Waals surface area contributed by atoms with Gasteiger partial charge < -0.3 is 9.80 Å². The Labute approximate surface area is 137 Å². The molecule has 3 heteroatoms. The Hall–Kier alpha value is -2.57. The van der Waals surface area contributed by atoms with Crippen LogP contribution in [0.1, 0.15) is 21.5 Å². The highest BCUT2D eigenvalue weighted by Crippen LogP contribution is 2.08. The zero-order valence-corrected chi connectivity index (χ0v) is 13.4. The van der Waals surface area contributed by atoms with Gasteiger partial charge in [-0.1, -0.05) is 30.0 Å². The smallest absolute Gasteiger partial charge is 0.254 e. The van der Waals surface area contributed by atoms with E-state index in [9.17, 15) is 4.79 Å². The summed E-state index contributed by atoms with van der Waals surface area (Å²) in [6.07, 6.45) is 0. The van der Waals surface area contributed by atoms with Gasteiger partial charge in [0.1, 0.15) is 0 Å². The summed E-state index contributed by atoms with van der Waals surface area (Å²) in [5.74, 6) is 6.39. The molecule has 1 fully saturated rings. The molecule has 3 nitrogen and oxygen atoms in total. The highest BCUT2D eigenvalue weighted by atomic mass is 16.2. The van der Waals surface area contributed by atoms with Gasteiger partial charge in [-0.3, -0.25) is 4.79 Å². The lowest BCUT2D eigenvalue weighted by Crippen LogP contribution is -3.12. The summed E-state index contributed by atoms with van der Waals surface area (Å²) in [5, 5.41) is 0. The van der Waals surface area contributed by atoms with Crippen LogP contribution >= 0.6 is 0 Å². The third kappa shape index (κ3) is 4.00. The fraction of sp³-hybridized carbons (Fsp3) is 0.250. The number of piperazine rings is 1. The van der Waals surface area contributed by atoms with E-state index in [1.54, 1.807) is 0 Å². The predicted molar refractivity (Wildman–Crippen MR) is 91.4 cm³/mol. The van der Waals surface area contributed by atoms with Crippen LogP contribution in [0.3, 0.4) is 0 Å². The van der Waals surface area contributed by atoms with Gasteiger partial charge in [0.2, 0.25) is 0 Å². The largest absolute Gasteiger partial charge is 0.334 e. The average molecular weight is 305 g/mol. The van der Waals surface area contributed by atoms with Crippen molar-refractivity contribution in [1.29, 1.82) is 0 Å². The first-order valence-corrected chi connectivity index (χ1v) is 8.00. The second-order valence-corrected chi connectivity index (χ2v) is 5.94. The van der Waals surface area contributed by atoms with E-state index in [4.69, 9.17) is 0 Å². The molecule has 0 atom stereocenters. The number of benzene rings is 2. The Morgan fingerprint density at radius 1 is 0.913 bits per heavy atom. The lowest BCUT2D eigenvalue weighted by atomic mass is 10.1. The Bertz CT molecular complexity index is 718. The lowest BCUT2D eigenvalue weighted by Gasteiger charge is -2.30. The van der Waals surface area contributed by atoms with Crippen molar-refractivity contribution in [2.45, 2.75) is 0 Å². The summed E-state index contributed by atoms with van der Waals surface area (Å²) in [6.45, 7) is 3.71. The van der Waals surface area contributed by atoms with Gasteiger partial charge in [0, 0.05) is 16.7 Å². The van der Waals surface area contributed by atoms with Gasteiger partial charge in [-0.15, -0.1) is 0 Å². The lowest BCUT2D eigenvalue weighted by molar-refractivity contribution is -0.883. The molecule has 3 rings (SSSR count). The Balaban J connectivity index is 1.67. The number of rotatable bonds is 1. The van der Waals surface area contributed by atoms with Crippen LogP contribution in [0, 0.1) is 11.8 Å². The predicted octanol–water partition coefficient (Wildman–Crippen LogP) is 1.06. The van der Waals surface area contributed by atoms with Crippen LogP contribution in [0.2, 0.25) is 0 Å². The number of nitrogens with one attached hydrogen (secondary N) is 1. The zero-order valence-electron chi connectivity index (χ0n) is 13.4. The van der Waals surface area contributed by atoms with Crippen molar-refractivity contribution in [3.8, 4) is 11.8 Å². The number of carbonyl (C=O) groups excluding carboxylic acids is 1. The summed E-state index contributed by atoms with van der Waals surface area (Å²) in [4.78, 5) is 15.9. The quantitative estimate of drug-likeness (QED) is 0.783. The summed E-state index contributed by atoms with van der Waals surface area (Å²) in [6, 6.07) is 17.5. The summed E-state index contributed by atoms with van der Waals surface area (Å²) in [5.41, 5.74) is 2.66. The highest BCUT2D eigenvalue weighted by molar-refractivity contribution is 5.94. The molecule has 1 N–H and O–H groups in total. The van der Waals surface area contributed by atoms with Gasteiger partial charge in [0.05, 0.1) is 33.2 Å². The molecule has 0 aliphatic carbocycles. The third-order valence-electron chi connectivity index (χ3n) is 4.16. The van der Waals surface area contributed by atoms with E-state index >= 15 is 0 Å². The number of carbonyl (C=O) groups is 1. The van der Waals surface area contributed by atoms with Crippen molar-refractivity contribution in [1.82, 2.24) is 4.90 Å². The van der Waals surface area contributed by atoms with E-state index in [-0.39, 0.29) is 5.91 Å². The molecule has 1 saturated heterocycles. The van der Waals surface area contributed by atoms with Crippen molar-refractivity contribution in [2.75, 3.05) is 33.2 Å². The molecule has 0 saturated carbocycles. The van der Waals surface area contributed by atoms with Gasteiger partial charge in [0.25, 0.3) is 5.91 Å². The molecule has 1 heterocycles. The van der Waals surface area contributed by atoms with Crippen LogP contribution in [0.25, 0.3) is 0 Å². The van der Waals surface area contributed by atoms with Crippen molar-refractivity contribution in [3.05, 3.63) is 71.3 Å². The van der Waals surface area contributed by atoms with E-state index < -0.39 is 0 Å². The van der Waals surface area contributed by atoms with Crippen LogP contribution in [-0.4, -0.2) is 44.0 Å². The van der Waals surface area contributed by atoms with E-state index in [1.165, 1.54) is 4.90 Å². The van der Waals surface area contributed by atoms with Crippen LogP contribution in [0.5, 0.6) is 0 Å². The molecule has 0 bridgehead atoms. The zero-order chi connectivity index (χ0) is 16.1. The van der Waals surface area contributed by atoms with Crippen molar-refractivity contribution < 1.29 is 9.69 Å². The number of nitrogens with zero attached hydrogens (tertiary/aromatic N) is 1. The van der Waals surface area contributed by atoms with Crippen molar-refractivity contribution in [2.24, 2.45) is 0 Å². The first kappa shape index (κ1) is 15.3. The number of hydrogen-bond acceptors (Lipinski definition) is 1. The first-order valence-electron chi connectivity index (χ1n) is 8.00. The minimum atomic E-state index is 0.125. The molecule has 0 unspecified atom stereocenters. The van der Waals surface area contributed by atoms with Crippen LogP contribution < -0.4 is 4.90 Å². The topological polar surface area (TPSA) is 24.8 Å². The molecule has 1 aliphatic rings. The normalized spacial score (nSPS) is 14.9. The number of quaternary nitrogens is 1. The Morgan fingerprint density at radius 3 is 2.09 bits per heavy atom. The Morgan fingerprint density at radius 2 is 1.48 bits per heavy atom. The fourth-order valence-electron chi connectivity index (χ4n) is 2.64. The van der Waals surface area contributed by atoms with Crippen molar-refractivity contribution in [3.63, 3.8) is 0 Å². The monoisotopic (exact) mass is 305 g/mol.